The molecule has 1 atom stereocenters. The van der Waals surface area contributed by atoms with Crippen LogP contribution in [0.2, 0.25) is 0 Å². The molecule has 86 valence electrons. The van der Waals surface area contributed by atoms with Gasteiger partial charge in [-0.05, 0) is 6.42 Å². The highest BCUT2D eigenvalue weighted by molar-refractivity contribution is 7.99. The van der Waals surface area contributed by atoms with Crippen LogP contribution in [0.5, 0.6) is 0 Å². The Morgan fingerprint density at radius 3 is 3.06 bits per heavy atom. The van der Waals surface area contributed by atoms with Gasteiger partial charge in [0.25, 0.3) is 5.56 Å². The van der Waals surface area contributed by atoms with Gasteiger partial charge in [-0.25, -0.2) is 4.98 Å². The Bertz CT molecular complexity index is 436. The van der Waals surface area contributed by atoms with Crippen LogP contribution in [-0.4, -0.2) is 15.2 Å². The molecule has 1 N–H and O–H groups in total. The van der Waals surface area contributed by atoms with Crippen LogP contribution in [0.1, 0.15) is 32.4 Å². The van der Waals surface area contributed by atoms with Gasteiger partial charge in [0.2, 0.25) is 0 Å². The minimum absolute atomic E-state index is 0.120. The molecule has 1 unspecified atom stereocenters. The van der Waals surface area contributed by atoms with Gasteiger partial charge in [-0.2, -0.15) is 5.26 Å². The Morgan fingerprint density at radius 1 is 1.69 bits per heavy atom. The molecule has 5 heteroatoms. The smallest absolute Gasteiger partial charge is 0.251 e. The van der Waals surface area contributed by atoms with E-state index in [4.69, 9.17) is 5.26 Å². The zero-order valence-electron chi connectivity index (χ0n) is 9.49. The van der Waals surface area contributed by atoms with Crippen LogP contribution in [-0.2, 0) is 6.42 Å². The fourth-order valence-electron chi connectivity index (χ4n) is 1.28. The zero-order chi connectivity index (χ0) is 12.0. The summed E-state index contributed by atoms with van der Waals surface area (Å²) >= 11 is 1.43. The number of nitrogens with zero attached hydrogens (tertiary/aromatic N) is 2. The number of nitriles is 1. The lowest BCUT2D eigenvalue weighted by molar-refractivity contribution is 0.812. The highest BCUT2D eigenvalue weighted by Crippen LogP contribution is 2.20. The average molecular weight is 237 g/mol. The first-order valence-corrected chi connectivity index (χ1v) is 6.17. The molecule has 4 nitrogen and oxygen atoms in total. The number of hydrogen-bond acceptors (Lipinski definition) is 4. The van der Waals surface area contributed by atoms with Crippen LogP contribution in [0.3, 0.4) is 0 Å². The second kappa shape index (κ2) is 6.33. The lowest BCUT2D eigenvalue weighted by atomic mass is 10.2. The van der Waals surface area contributed by atoms with Crippen LogP contribution >= 0.6 is 11.8 Å². The number of rotatable bonds is 5. The van der Waals surface area contributed by atoms with Gasteiger partial charge in [0.05, 0.1) is 6.07 Å². The molecule has 0 aliphatic carbocycles. The Morgan fingerprint density at radius 2 is 2.44 bits per heavy atom. The maximum Gasteiger partial charge on any atom is 0.251 e. The fraction of sp³-hybridized carbons (Fsp3) is 0.545. The lowest BCUT2D eigenvalue weighted by Crippen LogP contribution is -2.11. The molecule has 1 aromatic rings. The van der Waals surface area contributed by atoms with Crippen molar-refractivity contribution in [2.45, 2.75) is 43.5 Å². The number of aromatic amines is 1. The highest BCUT2D eigenvalue weighted by Gasteiger charge is 2.07. The van der Waals surface area contributed by atoms with E-state index in [0.29, 0.717) is 11.6 Å². The molecule has 16 heavy (non-hydrogen) atoms. The van der Waals surface area contributed by atoms with E-state index in [1.165, 1.54) is 17.8 Å². The maximum absolute atomic E-state index is 11.4. The molecule has 0 spiro atoms. The Kier molecular flexibility index (Phi) is 5.06. The summed E-state index contributed by atoms with van der Waals surface area (Å²) in [7, 11) is 0. The van der Waals surface area contributed by atoms with Crippen LogP contribution < -0.4 is 5.56 Å². The molecule has 1 aromatic heterocycles. The summed E-state index contributed by atoms with van der Waals surface area (Å²) in [5, 5.41) is 9.31. The molecule has 0 aliphatic rings. The van der Waals surface area contributed by atoms with Gasteiger partial charge in [0.15, 0.2) is 5.16 Å². The first-order chi connectivity index (χ1) is 7.65. The first kappa shape index (κ1) is 12.8. The van der Waals surface area contributed by atoms with Crippen molar-refractivity contribution in [1.82, 2.24) is 9.97 Å². The molecule has 1 heterocycles. The normalized spacial score (nSPS) is 12.1. The molecule has 1 rings (SSSR count). The van der Waals surface area contributed by atoms with Gasteiger partial charge in [0, 0.05) is 23.4 Å². The molecule has 0 radical (unpaired) electrons. The van der Waals surface area contributed by atoms with Crippen LogP contribution in [0, 0.1) is 11.3 Å². The molecular weight excluding hydrogens is 222 g/mol. The van der Waals surface area contributed by atoms with E-state index in [1.54, 1.807) is 0 Å². The Hall–Kier alpha value is -1.28. The van der Waals surface area contributed by atoms with Crippen molar-refractivity contribution in [3.63, 3.8) is 0 Å². The van der Waals surface area contributed by atoms with E-state index >= 15 is 0 Å². The summed E-state index contributed by atoms with van der Waals surface area (Å²) in [6, 6.07) is 3.63. The molecular formula is C11H15N3OS. The number of aromatic nitrogens is 2. The van der Waals surface area contributed by atoms with Crippen molar-refractivity contribution in [2.24, 2.45) is 0 Å². The van der Waals surface area contributed by atoms with E-state index in [0.717, 1.165) is 18.5 Å². The van der Waals surface area contributed by atoms with Gasteiger partial charge < -0.3 is 4.98 Å². The topological polar surface area (TPSA) is 69.5 Å². The van der Waals surface area contributed by atoms with Gasteiger partial charge in [-0.15, -0.1) is 0 Å². The second-order valence-corrected chi connectivity index (χ2v) is 5.01. The third-order valence-corrected chi connectivity index (χ3v) is 2.96. The minimum Gasteiger partial charge on any atom is -0.301 e. The number of H-pyrrole nitrogens is 1. The standard InChI is InChI=1S/C11H15N3OS/c1-3-4-9-7-10(15)14-11(13-9)16-8(2)5-6-12/h7-8H,3-5H2,1-2H3,(H,13,14,15). The average Bonchev–Trinajstić information content (AvgIpc) is 2.17. The summed E-state index contributed by atoms with van der Waals surface area (Å²) in [4.78, 5) is 18.4. The second-order valence-electron chi connectivity index (χ2n) is 3.58. The van der Waals surface area contributed by atoms with E-state index in [-0.39, 0.29) is 10.8 Å². The van der Waals surface area contributed by atoms with Gasteiger partial charge in [-0.3, -0.25) is 4.79 Å². The third kappa shape index (κ3) is 4.07. The van der Waals surface area contributed by atoms with E-state index in [1.807, 2.05) is 13.8 Å². The van der Waals surface area contributed by atoms with E-state index in [2.05, 4.69) is 16.0 Å². The molecule has 0 fully saturated rings. The van der Waals surface area contributed by atoms with Crippen molar-refractivity contribution in [1.29, 1.82) is 5.26 Å². The summed E-state index contributed by atoms with van der Waals surface area (Å²) in [5.41, 5.74) is 0.697. The number of hydrogen-bond donors (Lipinski definition) is 1. The first-order valence-electron chi connectivity index (χ1n) is 5.29. The van der Waals surface area contributed by atoms with Gasteiger partial charge in [0.1, 0.15) is 0 Å². The number of thioether (sulfide) groups is 1. The van der Waals surface area contributed by atoms with Crippen molar-refractivity contribution >= 4 is 11.8 Å². The maximum atomic E-state index is 11.4. The summed E-state index contributed by atoms with van der Waals surface area (Å²) < 4.78 is 0. The molecule has 0 amide bonds. The SMILES string of the molecule is CCCc1cc(=O)[nH]c(SC(C)CC#N)n1. The van der Waals surface area contributed by atoms with Crippen molar-refractivity contribution < 1.29 is 0 Å². The molecule has 0 saturated heterocycles. The van der Waals surface area contributed by atoms with Gasteiger partial charge >= 0.3 is 0 Å². The zero-order valence-corrected chi connectivity index (χ0v) is 10.3. The largest absolute Gasteiger partial charge is 0.301 e. The van der Waals surface area contributed by atoms with Crippen molar-refractivity contribution in [2.75, 3.05) is 0 Å². The Balaban J connectivity index is 2.80. The predicted octanol–water partition coefficient (Wildman–Crippen LogP) is 2.12. The molecule has 0 saturated carbocycles. The summed E-state index contributed by atoms with van der Waals surface area (Å²) in [5.74, 6) is 0. The quantitative estimate of drug-likeness (QED) is 0.629. The number of nitrogens with one attached hydrogen (secondary N) is 1. The van der Waals surface area contributed by atoms with Crippen LogP contribution in [0.4, 0.5) is 0 Å². The fourth-order valence-corrected chi connectivity index (χ4v) is 2.15. The van der Waals surface area contributed by atoms with Crippen molar-refractivity contribution in [3.05, 3.63) is 22.1 Å². The summed E-state index contributed by atoms with van der Waals surface area (Å²) in [6.07, 6.45) is 2.23. The van der Waals surface area contributed by atoms with Gasteiger partial charge in [-0.1, -0.05) is 32.0 Å². The van der Waals surface area contributed by atoms with E-state index < -0.39 is 0 Å². The number of aryl methyl sites for hydroxylation is 1. The lowest BCUT2D eigenvalue weighted by Gasteiger charge is -2.06. The minimum atomic E-state index is -0.120. The molecule has 0 aliphatic heterocycles. The predicted molar refractivity (Wildman–Crippen MR) is 64.4 cm³/mol. The molecule has 0 aromatic carbocycles. The van der Waals surface area contributed by atoms with E-state index in [9.17, 15) is 4.79 Å². The highest BCUT2D eigenvalue weighted by atomic mass is 32.2. The van der Waals surface area contributed by atoms with Crippen LogP contribution in [0.25, 0.3) is 0 Å². The van der Waals surface area contributed by atoms with Crippen molar-refractivity contribution in [3.8, 4) is 6.07 Å². The monoisotopic (exact) mass is 237 g/mol. The Labute approximate surface area is 99.1 Å². The molecule has 0 bridgehead atoms. The van der Waals surface area contributed by atoms with Crippen LogP contribution in [0.15, 0.2) is 16.0 Å². The summed E-state index contributed by atoms with van der Waals surface area (Å²) in [6.45, 7) is 3.99. The third-order valence-electron chi connectivity index (χ3n) is 1.97.